The Balaban J connectivity index is 1.95. The summed E-state index contributed by atoms with van der Waals surface area (Å²) >= 11 is 3.42. The summed E-state index contributed by atoms with van der Waals surface area (Å²) in [6.45, 7) is 2.06. The van der Waals surface area contributed by atoms with E-state index < -0.39 is 0 Å². The van der Waals surface area contributed by atoms with Crippen LogP contribution in [0.5, 0.6) is 0 Å². The zero-order valence-corrected chi connectivity index (χ0v) is 12.2. The molecule has 1 unspecified atom stereocenters. The first-order chi connectivity index (χ1) is 9.06. The summed E-state index contributed by atoms with van der Waals surface area (Å²) < 4.78 is 0.912. The van der Waals surface area contributed by atoms with Gasteiger partial charge in [-0.3, -0.25) is 9.59 Å². The van der Waals surface area contributed by atoms with Crippen LogP contribution in [0.3, 0.4) is 0 Å². The molecule has 1 saturated carbocycles. The average Bonchev–Trinajstić information content (AvgIpc) is 3.19. The number of nitrogens with zero attached hydrogens (tertiary/aromatic N) is 1. The van der Waals surface area contributed by atoms with Crippen LogP contribution in [-0.4, -0.2) is 24.4 Å². The first-order valence-electron chi connectivity index (χ1n) is 6.43. The molecule has 1 aliphatic heterocycles. The molecule has 100 valence electrons. The minimum atomic E-state index is -0.334. The van der Waals surface area contributed by atoms with E-state index in [0.29, 0.717) is 5.92 Å². The van der Waals surface area contributed by atoms with Gasteiger partial charge in [-0.25, -0.2) is 0 Å². The van der Waals surface area contributed by atoms with Crippen LogP contribution >= 0.6 is 15.9 Å². The molecule has 4 nitrogen and oxygen atoms in total. The Morgan fingerprint density at radius 3 is 2.74 bits per heavy atom. The maximum atomic E-state index is 12.5. The summed E-state index contributed by atoms with van der Waals surface area (Å²) in [6.07, 6.45) is 2.06. The maximum Gasteiger partial charge on any atom is 0.250 e. The van der Waals surface area contributed by atoms with Crippen molar-refractivity contribution in [3.8, 4) is 0 Å². The van der Waals surface area contributed by atoms with Crippen molar-refractivity contribution >= 4 is 33.4 Å². The second-order valence-electron chi connectivity index (χ2n) is 5.24. The summed E-state index contributed by atoms with van der Waals surface area (Å²) in [5.41, 5.74) is 1.82. The minimum absolute atomic E-state index is 0.0169. The SMILES string of the molecule is Cc1ccc(Br)cc1N1CC(=O)NC(C2CC2)C1=O. The lowest BCUT2D eigenvalue weighted by Gasteiger charge is -2.33. The van der Waals surface area contributed by atoms with Crippen molar-refractivity contribution in [2.45, 2.75) is 25.8 Å². The highest BCUT2D eigenvalue weighted by molar-refractivity contribution is 9.10. The number of piperazine rings is 1. The number of halogens is 1. The monoisotopic (exact) mass is 322 g/mol. The minimum Gasteiger partial charge on any atom is -0.342 e. The second kappa shape index (κ2) is 4.63. The number of aryl methyl sites for hydroxylation is 1. The largest absolute Gasteiger partial charge is 0.342 e. The van der Waals surface area contributed by atoms with Crippen molar-refractivity contribution in [1.82, 2.24) is 5.32 Å². The highest BCUT2D eigenvalue weighted by atomic mass is 79.9. The average molecular weight is 323 g/mol. The van der Waals surface area contributed by atoms with Crippen molar-refractivity contribution < 1.29 is 9.59 Å². The van der Waals surface area contributed by atoms with Gasteiger partial charge in [0.05, 0.1) is 0 Å². The maximum absolute atomic E-state index is 12.5. The van der Waals surface area contributed by atoms with Crippen LogP contribution in [0.1, 0.15) is 18.4 Å². The van der Waals surface area contributed by atoms with Gasteiger partial charge >= 0.3 is 0 Å². The molecule has 19 heavy (non-hydrogen) atoms. The molecule has 2 amide bonds. The number of benzene rings is 1. The first-order valence-corrected chi connectivity index (χ1v) is 7.22. The lowest BCUT2D eigenvalue weighted by molar-refractivity contribution is -0.131. The fourth-order valence-electron chi connectivity index (χ4n) is 2.50. The molecule has 1 saturated heterocycles. The number of amides is 2. The van der Waals surface area contributed by atoms with Gasteiger partial charge in [0.2, 0.25) is 11.8 Å². The Morgan fingerprint density at radius 2 is 2.05 bits per heavy atom. The van der Waals surface area contributed by atoms with Crippen LogP contribution in [0.15, 0.2) is 22.7 Å². The molecular weight excluding hydrogens is 308 g/mol. The van der Waals surface area contributed by atoms with Crippen LogP contribution in [0, 0.1) is 12.8 Å². The zero-order valence-electron chi connectivity index (χ0n) is 10.6. The Kier molecular flexibility index (Phi) is 3.09. The van der Waals surface area contributed by atoms with Gasteiger partial charge in [0.25, 0.3) is 0 Å². The van der Waals surface area contributed by atoms with Crippen molar-refractivity contribution in [3.63, 3.8) is 0 Å². The molecule has 2 fully saturated rings. The van der Waals surface area contributed by atoms with E-state index in [9.17, 15) is 9.59 Å². The van der Waals surface area contributed by atoms with Crippen LogP contribution in [0.2, 0.25) is 0 Å². The summed E-state index contributed by atoms with van der Waals surface area (Å²) in [5.74, 6) is 0.269. The molecule has 1 aromatic carbocycles. The van der Waals surface area contributed by atoms with Crippen LogP contribution in [0.25, 0.3) is 0 Å². The number of nitrogens with one attached hydrogen (secondary N) is 1. The van der Waals surface area contributed by atoms with Gasteiger partial charge in [-0.2, -0.15) is 0 Å². The van der Waals surface area contributed by atoms with E-state index in [2.05, 4.69) is 21.2 Å². The normalized spacial score (nSPS) is 23.5. The van der Waals surface area contributed by atoms with Gasteiger partial charge in [0.1, 0.15) is 12.6 Å². The third-order valence-electron chi connectivity index (χ3n) is 3.71. The topological polar surface area (TPSA) is 49.4 Å². The quantitative estimate of drug-likeness (QED) is 0.905. The van der Waals surface area contributed by atoms with E-state index in [1.165, 1.54) is 0 Å². The molecule has 2 aliphatic rings. The van der Waals surface area contributed by atoms with Crippen LogP contribution in [-0.2, 0) is 9.59 Å². The van der Waals surface area contributed by atoms with E-state index in [-0.39, 0.29) is 24.4 Å². The Bertz CT molecular complexity index is 554. The number of rotatable bonds is 2. The molecule has 1 heterocycles. The Morgan fingerprint density at radius 1 is 1.32 bits per heavy atom. The highest BCUT2D eigenvalue weighted by Gasteiger charge is 2.43. The standard InChI is InChI=1S/C14H15BrN2O2/c1-8-2-5-10(15)6-11(8)17-7-12(18)16-13(14(17)19)9-3-4-9/h2,5-6,9,13H,3-4,7H2,1H3,(H,16,18). The lowest BCUT2D eigenvalue weighted by atomic mass is 10.1. The number of anilines is 1. The molecule has 1 atom stereocenters. The summed E-state index contributed by atoms with van der Waals surface area (Å²) in [6, 6.07) is 5.45. The van der Waals surface area contributed by atoms with E-state index in [1.54, 1.807) is 4.90 Å². The molecule has 1 aliphatic carbocycles. The van der Waals surface area contributed by atoms with E-state index in [0.717, 1.165) is 28.6 Å². The lowest BCUT2D eigenvalue weighted by Crippen LogP contribution is -2.59. The summed E-state index contributed by atoms with van der Waals surface area (Å²) in [4.78, 5) is 25.9. The Hall–Kier alpha value is -1.36. The van der Waals surface area contributed by atoms with Crippen molar-refractivity contribution in [3.05, 3.63) is 28.2 Å². The van der Waals surface area contributed by atoms with E-state index >= 15 is 0 Å². The second-order valence-corrected chi connectivity index (χ2v) is 6.15. The van der Waals surface area contributed by atoms with Crippen molar-refractivity contribution in [2.75, 3.05) is 11.4 Å². The number of carbonyl (C=O) groups is 2. The molecule has 0 bridgehead atoms. The molecule has 1 N–H and O–H groups in total. The fourth-order valence-corrected chi connectivity index (χ4v) is 2.85. The number of carbonyl (C=O) groups excluding carboxylic acids is 2. The Labute approximate surface area is 120 Å². The van der Waals surface area contributed by atoms with Gasteiger partial charge in [-0.05, 0) is 43.4 Å². The summed E-state index contributed by atoms with van der Waals surface area (Å²) in [5, 5.41) is 2.82. The molecule has 0 spiro atoms. The smallest absolute Gasteiger partial charge is 0.250 e. The van der Waals surface area contributed by atoms with Gasteiger partial charge < -0.3 is 10.2 Å². The van der Waals surface area contributed by atoms with Crippen LogP contribution in [0.4, 0.5) is 5.69 Å². The molecular formula is C14H15BrN2O2. The molecule has 0 aromatic heterocycles. The predicted octanol–water partition coefficient (Wildman–Crippen LogP) is 2.00. The predicted molar refractivity (Wildman–Crippen MR) is 75.9 cm³/mol. The summed E-state index contributed by atoms with van der Waals surface area (Å²) in [7, 11) is 0. The van der Waals surface area contributed by atoms with Gasteiger partial charge in [0.15, 0.2) is 0 Å². The molecule has 0 radical (unpaired) electrons. The first kappa shape index (κ1) is 12.7. The van der Waals surface area contributed by atoms with Crippen molar-refractivity contribution in [2.24, 2.45) is 5.92 Å². The van der Waals surface area contributed by atoms with Crippen LogP contribution < -0.4 is 10.2 Å². The van der Waals surface area contributed by atoms with Gasteiger partial charge in [-0.15, -0.1) is 0 Å². The van der Waals surface area contributed by atoms with Gasteiger partial charge in [-0.1, -0.05) is 22.0 Å². The van der Waals surface area contributed by atoms with Crippen molar-refractivity contribution in [1.29, 1.82) is 0 Å². The fraction of sp³-hybridized carbons (Fsp3) is 0.429. The van der Waals surface area contributed by atoms with Gasteiger partial charge in [0, 0.05) is 10.2 Å². The highest BCUT2D eigenvalue weighted by Crippen LogP contribution is 2.36. The van der Waals surface area contributed by atoms with E-state index in [4.69, 9.17) is 0 Å². The third kappa shape index (κ3) is 2.39. The molecule has 3 rings (SSSR count). The molecule has 5 heteroatoms. The number of hydrogen-bond acceptors (Lipinski definition) is 2. The zero-order chi connectivity index (χ0) is 13.6. The van der Waals surface area contributed by atoms with E-state index in [1.807, 2.05) is 25.1 Å². The third-order valence-corrected chi connectivity index (χ3v) is 4.20. The number of hydrogen-bond donors (Lipinski definition) is 1. The molecule has 1 aromatic rings.